The highest BCUT2D eigenvalue weighted by Gasteiger charge is 2.25. The van der Waals surface area contributed by atoms with Gasteiger partial charge in [0.15, 0.2) is 0 Å². The molecule has 0 aromatic heterocycles. The highest BCUT2D eigenvalue weighted by atomic mass is 31.2. The van der Waals surface area contributed by atoms with Crippen molar-refractivity contribution in [3.05, 3.63) is 97.2 Å². The molecule has 0 aliphatic heterocycles. The van der Waals surface area contributed by atoms with Gasteiger partial charge in [-0.1, -0.05) is 201 Å². The Morgan fingerprint density at radius 1 is 0.484 bits per heavy atom. The molecule has 0 aromatic carbocycles. The molecule has 0 heterocycles. The molecule has 0 bridgehead atoms. The third-order valence-corrected chi connectivity index (χ3v) is 11.5. The standard InChI is InChI=1S/C55H96NO7P/c1-3-5-7-9-11-13-15-17-19-21-23-24-25-26-27-28-29-31-33-35-37-39-41-43-45-47-50-60-52-54(53-62-64(58,59)61-51-49-56)63-55(57)48-46-44-42-40-38-36-34-32-30-22-20-18-16-14-12-10-8-6-4-2/h5,7,11,13,17-20,23-24,26-27,29,31,35,37,54H,3-4,6,8-10,12,14-16,21-22,25,28,30,32-34,36,38-53,56H2,1-2H3,(H,58,59)/b7-5-,13-11-,19-17-,20-18-,24-23-,27-26-,31-29-,37-35-. The molecule has 0 aromatic rings. The van der Waals surface area contributed by atoms with E-state index in [1.807, 2.05) is 0 Å². The van der Waals surface area contributed by atoms with Crippen LogP contribution in [0.2, 0.25) is 0 Å². The molecule has 0 amide bonds. The number of rotatable bonds is 48. The minimum Gasteiger partial charge on any atom is -0.457 e. The topological polar surface area (TPSA) is 117 Å². The van der Waals surface area contributed by atoms with E-state index >= 15 is 0 Å². The smallest absolute Gasteiger partial charge is 0.457 e. The van der Waals surface area contributed by atoms with Crippen LogP contribution in [0.25, 0.3) is 0 Å². The van der Waals surface area contributed by atoms with E-state index in [0.717, 1.165) is 96.3 Å². The molecule has 64 heavy (non-hydrogen) atoms. The molecule has 0 aliphatic carbocycles. The first-order valence-corrected chi connectivity index (χ1v) is 27.2. The lowest BCUT2D eigenvalue weighted by Crippen LogP contribution is -2.28. The van der Waals surface area contributed by atoms with E-state index in [1.54, 1.807) is 0 Å². The number of carbonyl (C=O) groups excluding carboxylic acids is 1. The number of nitrogens with two attached hydrogens (primary N) is 1. The van der Waals surface area contributed by atoms with E-state index in [-0.39, 0.29) is 32.3 Å². The molecule has 0 fully saturated rings. The monoisotopic (exact) mass is 914 g/mol. The second-order valence-corrected chi connectivity index (χ2v) is 18.1. The Bertz CT molecular complexity index is 1300. The van der Waals surface area contributed by atoms with E-state index in [4.69, 9.17) is 24.3 Å². The van der Waals surface area contributed by atoms with Crippen molar-refractivity contribution in [2.75, 3.05) is 33.0 Å². The largest absolute Gasteiger partial charge is 0.472 e. The van der Waals surface area contributed by atoms with E-state index in [9.17, 15) is 14.3 Å². The highest BCUT2D eigenvalue weighted by molar-refractivity contribution is 7.47. The van der Waals surface area contributed by atoms with Gasteiger partial charge in [-0.2, -0.15) is 0 Å². The summed E-state index contributed by atoms with van der Waals surface area (Å²) in [7, 11) is -4.30. The molecule has 2 atom stereocenters. The normalized spacial score (nSPS) is 14.1. The first kappa shape index (κ1) is 61.4. The molecule has 0 saturated carbocycles. The molecule has 2 unspecified atom stereocenters. The summed E-state index contributed by atoms with van der Waals surface area (Å²) in [6.45, 7) is 4.73. The zero-order valence-corrected chi connectivity index (χ0v) is 41.9. The first-order chi connectivity index (χ1) is 31.4. The zero-order chi connectivity index (χ0) is 46.5. The quantitative estimate of drug-likeness (QED) is 0.0268. The van der Waals surface area contributed by atoms with Gasteiger partial charge in [0.25, 0.3) is 0 Å². The lowest BCUT2D eigenvalue weighted by Gasteiger charge is -2.20. The number of carbonyl (C=O) groups is 1. The molecule has 3 N–H and O–H groups in total. The molecule has 0 saturated heterocycles. The maximum absolute atomic E-state index is 12.7. The molecule has 0 rings (SSSR count). The van der Waals surface area contributed by atoms with Gasteiger partial charge in [-0.3, -0.25) is 13.8 Å². The SMILES string of the molecule is CC/C=C\C/C=C\C/C=C\C/C=C\C/C=C\C/C=C\C/C=C\CCCCCCOCC(COP(=O)(O)OCCN)OC(=O)CCCCCCCCCCC/C=C\CCCCCCCC. The van der Waals surface area contributed by atoms with Gasteiger partial charge in [0.1, 0.15) is 6.10 Å². The maximum atomic E-state index is 12.7. The Hall–Kier alpha value is -2.58. The van der Waals surface area contributed by atoms with Crippen molar-refractivity contribution in [3.63, 3.8) is 0 Å². The molecule has 0 radical (unpaired) electrons. The van der Waals surface area contributed by atoms with E-state index < -0.39 is 13.9 Å². The number of hydrogen-bond acceptors (Lipinski definition) is 7. The summed E-state index contributed by atoms with van der Waals surface area (Å²) < 4.78 is 33.6. The average Bonchev–Trinajstić information content (AvgIpc) is 3.29. The summed E-state index contributed by atoms with van der Waals surface area (Å²) in [4.78, 5) is 22.6. The van der Waals surface area contributed by atoms with Crippen molar-refractivity contribution < 1.29 is 32.8 Å². The lowest BCUT2D eigenvalue weighted by molar-refractivity contribution is -0.154. The second kappa shape index (κ2) is 51.4. The average molecular weight is 914 g/mol. The van der Waals surface area contributed by atoms with Gasteiger partial charge in [-0.05, 0) is 96.3 Å². The molecule has 9 heteroatoms. The van der Waals surface area contributed by atoms with Crippen LogP contribution in [-0.2, 0) is 27.9 Å². The van der Waals surface area contributed by atoms with Crippen LogP contribution >= 0.6 is 7.82 Å². The number of phosphoric ester groups is 1. The number of unbranched alkanes of at least 4 members (excludes halogenated alkanes) is 19. The van der Waals surface area contributed by atoms with E-state index in [1.165, 1.54) is 89.9 Å². The number of allylic oxidation sites excluding steroid dienone is 16. The Kier molecular flexibility index (Phi) is 49.3. The van der Waals surface area contributed by atoms with Crippen molar-refractivity contribution >= 4 is 13.8 Å². The van der Waals surface area contributed by atoms with Crippen LogP contribution < -0.4 is 5.73 Å². The number of esters is 1. The van der Waals surface area contributed by atoms with Gasteiger partial charge < -0.3 is 20.1 Å². The van der Waals surface area contributed by atoms with Crippen molar-refractivity contribution in [2.45, 2.75) is 213 Å². The summed E-state index contributed by atoms with van der Waals surface area (Å²) in [5.41, 5.74) is 5.39. The third-order valence-electron chi connectivity index (χ3n) is 10.5. The fraction of sp³-hybridized carbons (Fsp3) is 0.691. The zero-order valence-electron chi connectivity index (χ0n) is 41.0. The fourth-order valence-electron chi connectivity index (χ4n) is 6.74. The fourth-order valence-corrected chi connectivity index (χ4v) is 7.50. The van der Waals surface area contributed by atoms with Gasteiger partial charge in [-0.25, -0.2) is 4.57 Å². The molecule has 0 aliphatic rings. The van der Waals surface area contributed by atoms with Crippen molar-refractivity contribution in [1.29, 1.82) is 0 Å². The summed E-state index contributed by atoms with van der Waals surface area (Å²) in [6.07, 6.45) is 68.7. The first-order valence-electron chi connectivity index (χ1n) is 25.7. The van der Waals surface area contributed by atoms with Crippen LogP contribution in [0.3, 0.4) is 0 Å². The van der Waals surface area contributed by atoms with Crippen LogP contribution in [0.15, 0.2) is 97.2 Å². The van der Waals surface area contributed by atoms with Gasteiger partial charge >= 0.3 is 13.8 Å². The second-order valence-electron chi connectivity index (χ2n) is 16.6. The summed E-state index contributed by atoms with van der Waals surface area (Å²) >= 11 is 0. The molecule has 0 spiro atoms. The summed E-state index contributed by atoms with van der Waals surface area (Å²) in [5.74, 6) is -0.345. The third kappa shape index (κ3) is 50.4. The summed E-state index contributed by atoms with van der Waals surface area (Å²) in [6, 6.07) is 0. The molecular weight excluding hydrogens is 818 g/mol. The maximum Gasteiger partial charge on any atom is 0.472 e. The molecule has 368 valence electrons. The Morgan fingerprint density at radius 2 is 0.875 bits per heavy atom. The van der Waals surface area contributed by atoms with Crippen LogP contribution in [0.1, 0.15) is 206 Å². The van der Waals surface area contributed by atoms with Crippen molar-refractivity contribution in [3.8, 4) is 0 Å². The lowest BCUT2D eigenvalue weighted by atomic mass is 10.1. The number of hydrogen-bond donors (Lipinski definition) is 2. The van der Waals surface area contributed by atoms with Crippen molar-refractivity contribution in [1.82, 2.24) is 0 Å². The Morgan fingerprint density at radius 3 is 1.33 bits per heavy atom. The molecular formula is C55H96NO7P. The minimum absolute atomic E-state index is 0.0906. The van der Waals surface area contributed by atoms with Gasteiger partial charge in [0.05, 0.1) is 19.8 Å². The minimum atomic E-state index is -4.30. The highest BCUT2D eigenvalue weighted by Crippen LogP contribution is 2.43. The number of ether oxygens (including phenoxy) is 2. The predicted octanol–water partition coefficient (Wildman–Crippen LogP) is 16.2. The van der Waals surface area contributed by atoms with Crippen LogP contribution in [0.5, 0.6) is 0 Å². The van der Waals surface area contributed by atoms with Crippen LogP contribution in [0.4, 0.5) is 0 Å². The summed E-state index contributed by atoms with van der Waals surface area (Å²) in [5, 5.41) is 0. The van der Waals surface area contributed by atoms with Crippen molar-refractivity contribution in [2.24, 2.45) is 5.73 Å². The van der Waals surface area contributed by atoms with E-state index in [2.05, 4.69) is 111 Å². The van der Waals surface area contributed by atoms with E-state index in [0.29, 0.717) is 13.0 Å². The Balaban J connectivity index is 4.05. The van der Waals surface area contributed by atoms with Gasteiger partial charge in [0.2, 0.25) is 0 Å². The predicted molar refractivity (Wildman–Crippen MR) is 274 cm³/mol. The molecule has 8 nitrogen and oxygen atoms in total. The number of phosphoric acid groups is 1. The van der Waals surface area contributed by atoms with Gasteiger partial charge in [0, 0.05) is 19.6 Å². The van der Waals surface area contributed by atoms with Gasteiger partial charge in [-0.15, -0.1) is 0 Å². The van der Waals surface area contributed by atoms with Crippen LogP contribution in [0, 0.1) is 0 Å². The Labute approximate surface area is 393 Å². The van der Waals surface area contributed by atoms with Crippen LogP contribution in [-0.4, -0.2) is 49.9 Å².